The Hall–Kier alpha value is -3.16. The van der Waals surface area contributed by atoms with Crippen LogP contribution < -0.4 is 0 Å². The highest BCUT2D eigenvalue weighted by Crippen LogP contribution is 2.31. The summed E-state index contributed by atoms with van der Waals surface area (Å²) >= 11 is 0. The van der Waals surface area contributed by atoms with E-state index in [4.69, 9.17) is 4.52 Å². The molecule has 138 valence electrons. The maximum absolute atomic E-state index is 13.1. The van der Waals surface area contributed by atoms with E-state index >= 15 is 0 Å². The van der Waals surface area contributed by atoms with Crippen LogP contribution in [-0.2, 0) is 0 Å². The van der Waals surface area contributed by atoms with Gasteiger partial charge in [0.2, 0.25) is 0 Å². The molecule has 4 rings (SSSR count). The van der Waals surface area contributed by atoms with Crippen LogP contribution >= 0.6 is 0 Å². The highest BCUT2D eigenvalue weighted by molar-refractivity contribution is 5.92. The maximum atomic E-state index is 13.1. The number of nitrogens with zero attached hydrogens (tertiary/aromatic N) is 5. The highest BCUT2D eigenvalue weighted by Gasteiger charge is 2.31. The zero-order valence-corrected chi connectivity index (χ0v) is 14.6. The Morgan fingerprint density at radius 3 is 2.78 bits per heavy atom. The van der Waals surface area contributed by atoms with Crippen LogP contribution in [0.15, 0.2) is 47.4 Å². The van der Waals surface area contributed by atoms with Crippen LogP contribution in [0.1, 0.15) is 48.0 Å². The van der Waals surface area contributed by atoms with Crippen molar-refractivity contribution in [1.82, 2.24) is 25.0 Å². The van der Waals surface area contributed by atoms with Gasteiger partial charge in [-0.15, -0.1) is 0 Å². The number of halogens is 1. The second-order valence-corrected chi connectivity index (χ2v) is 6.42. The summed E-state index contributed by atoms with van der Waals surface area (Å²) in [6.45, 7) is 0.598. The molecule has 0 radical (unpaired) electrons. The third-order valence-electron chi connectivity index (χ3n) is 4.63. The van der Waals surface area contributed by atoms with E-state index in [0.29, 0.717) is 29.5 Å². The molecular formula is C19H18FN5O2. The van der Waals surface area contributed by atoms with Gasteiger partial charge in [-0.25, -0.2) is 9.37 Å². The van der Waals surface area contributed by atoms with E-state index in [0.717, 1.165) is 25.7 Å². The van der Waals surface area contributed by atoms with E-state index in [1.165, 1.54) is 30.7 Å². The average Bonchev–Trinajstić information content (AvgIpc) is 3.06. The molecule has 0 bridgehead atoms. The van der Waals surface area contributed by atoms with Gasteiger partial charge in [-0.2, -0.15) is 4.98 Å². The Bertz CT molecular complexity index is 913. The van der Waals surface area contributed by atoms with Gasteiger partial charge in [0.1, 0.15) is 11.5 Å². The van der Waals surface area contributed by atoms with Crippen molar-refractivity contribution >= 4 is 5.91 Å². The number of likely N-dealkylation sites (tertiary alicyclic amines) is 1. The second-order valence-electron chi connectivity index (χ2n) is 6.42. The number of hydrogen-bond donors (Lipinski definition) is 0. The van der Waals surface area contributed by atoms with Crippen LogP contribution in [0.3, 0.4) is 0 Å². The molecule has 0 aliphatic carbocycles. The number of amides is 1. The topological polar surface area (TPSA) is 85.0 Å². The molecule has 1 amide bonds. The van der Waals surface area contributed by atoms with Crippen LogP contribution in [0.2, 0.25) is 0 Å². The molecule has 1 saturated heterocycles. The van der Waals surface area contributed by atoms with E-state index in [1.807, 2.05) is 0 Å². The molecule has 8 heteroatoms. The van der Waals surface area contributed by atoms with Gasteiger partial charge in [-0.1, -0.05) is 18.0 Å². The Labute approximate surface area is 155 Å². The summed E-state index contributed by atoms with van der Waals surface area (Å²) < 4.78 is 18.5. The largest absolute Gasteiger partial charge is 0.334 e. The molecule has 1 aliphatic rings. The smallest absolute Gasteiger partial charge is 0.274 e. The fourth-order valence-corrected chi connectivity index (χ4v) is 3.26. The highest BCUT2D eigenvalue weighted by atomic mass is 19.1. The Balaban J connectivity index is 1.63. The minimum Gasteiger partial charge on any atom is -0.334 e. The second kappa shape index (κ2) is 7.61. The Morgan fingerprint density at radius 1 is 1.15 bits per heavy atom. The van der Waals surface area contributed by atoms with Gasteiger partial charge < -0.3 is 9.42 Å². The van der Waals surface area contributed by atoms with Gasteiger partial charge in [-0.05, 0) is 37.1 Å². The van der Waals surface area contributed by atoms with Crippen molar-refractivity contribution in [2.45, 2.75) is 31.7 Å². The Kier molecular flexibility index (Phi) is 4.86. The van der Waals surface area contributed by atoms with Gasteiger partial charge in [0, 0.05) is 24.5 Å². The molecule has 1 aliphatic heterocycles. The summed E-state index contributed by atoms with van der Waals surface area (Å²) in [6, 6.07) is 5.56. The zero-order chi connectivity index (χ0) is 18.6. The lowest BCUT2D eigenvalue weighted by atomic mass is 10.1. The van der Waals surface area contributed by atoms with Crippen LogP contribution in [0.5, 0.6) is 0 Å². The number of hydrogen-bond acceptors (Lipinski definition) is 6. The lowest BCUT2D eigenvalue weighted by Crippen LogP contribution is -2.35. The predicted molar refractivity (Wildman–Crippen MR) is 94.0 cm³/mol. The minimum absolute atomic E-state index is 0.192. The molecule has 0 saturated carbocycles. The molecule has 2 aromatic heterocycles. The van der Waals surface area contributed by atoms with Crippen molar-refractivity contribution in [2.24, 2.45) is 0 Å². The van der Waals surface area contributed by atoms with Crippen molar-refractivity contribution in [3.05, 3.63) is 60.2 Å². The van der Waals surface area contributed by atoms with Crippen molar-refractivity contribution in [2.75, 3.05) is 6.54 Å². The SMILES string of the molecule is O=C(c1cnccn1)N1CCCCC[C@H]1c1noc(-c2ccc(F)cc2)n1. The van der Waals surface area contributed by atoms with Gasteiger partial charge in [-0.3, -0.25) is 9.78 Å². The number of aromatic nitrogens is 4. The van der Waals surface area contributed by atoms with E-state index in [1.54, 1.807) is 17.0 Å². The number of benzene rings is 1. The lowest BCUT2D eigenvalue weighted by molar-refractivity contribution is 0.0664. The van der Waals surface area contributed by atoms with Gasteiger partial charge in [0.05, 0.1) is 12.2 Å². The predicted octanol–water partition coefficient (Wildman–Crippen LogP) is 3.42. The molecule has 0 unspecified atom stereocenters. The molecular weight excluding hydrogens is 349 g/mol. The molecule has 3 heterocycles. The Morgan fingerprint density at radius 2 is 2.00 bits per heavy atom. The number of carbonyl (C=O) groups excluding carboxylic acids is 1. The van der Waals surface area contributed by atoms with Crippen LogP contribution in [-0.4, -0.2) is 37.5 Å². The summed E-state index contributed by atoms with van der Waals surface area (Å²) in [5.74, 6) is 0.237. The van der Waals surface area contributed by atoms with Crippen LogP contribution in [0.4, 0.5) is 4.39 Å². The van der Waals surface area contributed by atoms with Gasteiger partial charge in [0.25, 0.3) is 11.8 Å². The maximum Gasteiger partial charge on any atom is 0.274 e. The molecule has 3 aromatic rings. The molecule has 1 fully saturated rings. The first-order valence-electron chi connectivity index (χ1n) is 8.89. The summed E-state index contributed by atoms with van der Waals surface area (Å²) in [7, 11) is 0. The van der Waals surface area contributed by atoms with E-state index < -0.39 is 0 Å². The quantitative estimate of drug-likeness (QED) is 0.705. The van der Waals surface area contributed by atoms with Crippen molar-refractivity contribution in [3.63, 3.8) is 0 Å². The van der Waals surface area contributed by atoms with E-state index in [2.05, 4.69) is 20.1 Å². The monoisotopic (exact) mass is 367 g/mol. The summed E-state index contributed by atoms with van der Waals surface area (Å²) in [6.07, 6.45) is 8.15. The molecule has 1 atom stereocenters. The van der Waals surface area contributed by atoms with Gasteiger partial charge in [0.15, 0.2) is 5.82 Å². The van der Waals surface area contributed by atoms with Crippen molar-refractivity contribution < 1.29 is 13.7 Å². The van der Waals surface area contributed by atoms with Crippen molar-refractivity contribution in [3.8, 4) is 11.5 Å². The first-order chi connectivity index (χ1) is 13.2. The lowest BCUT2D eigenvalue weighted by Gasteiger charge is -2.27. The molecule has 0 spiro atoms. The van der Waals surface area contributed by atoms with Gasteiger partial charge >= 0.3 is 0 Å². The molecule has 27 heavy (non-hydrogen) atoms. The number of rotatable bonds is 3. The van der Waals surface area contributed by atoms with E-state index in [9.17, 15) is 9.18 Å². The first kappa shape index (κ1) is 17.3. The standard InChI is InChI=1S/C19H18FN5O2/c20-14-7-5-13(6-8-14)18-23-17(24-27-18)16-4-2-1-3-11-25(16)19(26)15-12-21-9-10-22-15/h5-10,12,16H,1-4,11H2/t16-/m0/s1. The zero-order valence-electron chi connectivity index (χ0n) is 14.6. The van der Waals surface area contributed by atoms with E-state index in [-0.39, 0.29) is 17.8 Å². The normalized spacial score (nSPS) is 17.5. The minimum atomic E-state index is -0.331. The first-order valence-corrected chi connectivity index (χ1v) is 8.89. The summed E-state index contributed by atoms with van der Waals surface area (Å²) in [4.78, 5) is 27.3. The molecule has 0 N–H and O–H groups in total. The van der Waals surface area contributed by atoms with Crippen LogP contribution in [0, 0.1) is 5.82 Å². The third-order valence-corrected chi connectivity index (χ3v) is 4.63. The fourth-order valence-electron chi connectivity index (χ4n) is 3.26. The summed E-state index contributed by atoms with van der Waals surface area (Å²) in [5.41, 5.74) is 0.933. The summed E-state index contributed by atoms with van der Waals surface area (Å²) in [5, 5.41) is 4.10. The third kappa shape index (κ3) is 3.69. The fraction of sp³-hybridized carbons (Fsp3) is 0.316. The average molecular weight is 367 g/mol. The molecule has 7 nitrogen and oxygen atoms in total. The van der Waals surface area contributed by atoms with Crippen molar-refractivity contribution in [1.29, 1.82) is 0 Å². The molecule has 1 aromatic carbocycles. The van der Waals surface area contributed by atoms with Crippen LogP contribution in [0.25, 0.3) is 11.5 Å². The number of carbonyl (C=O) groups is 1.